The first-order valence-electron chi connectivity index (χ1n) is 5.88. The van der Waals surface area contributed by atoms with Gasteiger partial charge in [-0.3, -0.25) is 10.8 Å². The molecule has 0 aliphatic rings. The minimum atomic E-state index is -0.140. The molecule has 1 heterocycles. The van der Waals surface area contributed by atoms with E-state index in [0.29, 0.717) is 0 Å². The first kappa shape index (κ1) is 14.0. The van der Waals surface area contributed by atoms with Crippen LogP contribution in [0.15, 0.2) is 41.0 Å². The molecular formula is C14H16BrN3O. The van der Waals surface area contributed by atoms with Gasteiger partial charge in [0.1, 0.15) is 5.75 Å². The van der Waals surface area contributed by atoms with Crippen LogP contribution in [-0.2, 0) is 0 Å². The standard InChI is InChI=1S/C14H16BrN3O/c1-9-7-11(19-2)4-5-12(9)14(18-16)13-6-3-10(15)8-17-13/h3-8,14,18H,16H2,1-2H3. The van der Waals surface area contributed by atoms with E-state index in [9.17, 15) is 0 Å². The van der Waals surface area contributed by atoms with Gasteiger partial charge in [0.05, 0.1) is 18.8 Å². The van der Waals surface area contributed by atoms with E-state index in [1.807, 2.05) is 37.3 Å². The Bertz CT molecular complexity index is 557. The minimum absolute atomic E-state index is 0.140. The van der Waals surface area contributed by atoms with Crippen LogP contribution >= 0.6 is 15.9 Å². The lowest BCUT2D eigenvalue weighted by Gasteiger charge is -2.18. The summed E-state index contributed by atoms with van der Waals surface area (Å²) in [5.74, 6) is 6.52. The zero-order valence-electron chi connectivity index (χ0n) is 10.9. The molecule has 1 aromatic carbocycles. The Hall–Kier alpha value is -1.43. The number of nitrogens with zero attached hydrogens (tertiary/aromatic N) is 1. The number of hydrogen-bond acceptors (Lipinski definition) is 4. The van der Waals surface area contributed by atoms with Crippen LogP contribution in [0.1, 0.15) is 22.9 Å². The van der Waals surface area contributed by atoms with Gasteiger partial charge in [-0.05, 0) is 58.2 Å². The Morgan fingerprint density at radius 1 is 1.32 bits per heavy atom. The maximum atomic E-state index is 5.68. The van der Waals surface area contributed by atoms with Crippen molar-refractivity contribution in [2.24, 2.45) is 5.84 Å². The summed E-state index contributed by atoms with van der Waals surface area (Å²) in [4.78, 5) is 4.39. The topological polar surface area (TPSA) is 60.2 Å². The van der Waals surface area contributed by atoms with Gasteiger partial charge in [0.25, 0.3) is 0 Å². The molecule has 1 atom stereocenters. The van der Waals surface area contributed by atoms with Crippen molar-refractivity contribution < 1.29 is 4.74 Å². The number of hydrazine groups is 1. The molecule has 0 fully saturated rings. The fraction of sp³-hybridized carbons (Fsp3) is 0.214. The molecule has 0 radical (unpaired) electrons. The minimum Gasteiger partial charge on any atom is -0.497 e. The summed E-state index contributed by atoms with van der Waals surface area (Å²) in [5, 5.41) is 0. The Labute approximate surface area is 121 Å². The summed E-state index contributed by atoms with van der Waals surface area (Å²) in [7, 11) is 1.66. The summed E-state index contributed by atoms with van der Waals surface area (Å²) < 4.78 is 6.15. The molecule has 19 heavy (non-hydrogen) atoms. The maximum Gasteiger partial charge on any atom is 0.119 e. The van der Waals surface area contributed by atoms with E-state index in [4.69, 9.17) is 10.6 Å². The maximum absolute atomic E-state index is 5.68. The monoisotopic (exact) mass is 321 g/mol. The number of nitrogens with one attached hydrogen (secondary N) is 1. The highest BCUT2D eigenvalue weighted by Gasteiger charge is 2.16. The van der Waals surface area contributed by atoms with E-state index in [2.05, 4.69) is 26.3 Å². The smallest absolute Gasteiger partial charge is 0.119 e. The van der Waals surface area contributed by atoms with Crippen molar-refractivity contribution in [1.82, 2.24) is 10.4 Å². The number of aryl methyl sites for hydroxylation is 1. The molecule has 0 saturated heterocycles. The number of rotatable bonds is 4. The van der Waals surface area contributed by atoms with Crippen LogP contribution in [0.3, 0.4) is 0 Å². The number of halogens is 1. The van der Waals surface area contributed by atoms with Crippen LogP contribution in [0.5, 0.6) is 5.75 Å². The van der Waals surface area contributed by atoms with E-state index in [0.717, 1.165) is 27.0 Å². The van der Waals surface area contributed by atoms with Crippen molar-refractivity contribution in [1.29, 1.82) is 0 Å². The van der Waals surface area contributed by atoms with E-state index in [1.54, 1.807) is 13.3 Å². The summed E-state index contributed by atoms with van der Waals surface area (Å²) in [6, 6.07) is 9.66. The van der Waals surface area contributed by atoms with E-state index >= 15 is 0 Å². The molecule has 0 aliphatic heterocycles. The van der Waals surface area contributed by atoms with Gasteiger partial charge in [0.2, 0.25) is 0 Å². The molecule has 1 aromatic heterocycles. The largest absolute Gasteiger partial charge is 0.497 e. The predicted octanol–water partition coefficient (Wildman–Crippen LogP) is 2.71. The van der Waals surface area contributed by atoms with Gasteiger partial charge in [0.15, 0.2) is 0 Å². The first-order chi connectivity index (χ1) is 9.15. The molecule has 0 bridgehead atoms. The Morgan fingerprint density at radius 2 is 2.11 bits per heavy atom. The van der Waals surface area contributed by atoms with Crippen molar-refractivity contribution in [3.8, 4) is 5.75 Å². The van der Waals surface area contributed by atoms with Gasteiger partial charge in [0, 0.05) is 10.7 Å². The molecule has 5 heteroatoms. The highest BCUT2D eigenvalue weighted by molar-refractivity contribution is 9.10. The average molecular weight is 322 g/mol. The number of hydrogen-bond donors (Lipinski definition) is 2. The molecule has 3 N–H and O–H groups in total. The van der Waals surface area contributed by atoms with Crippen molar-refractivity contribution in [3.63, 3.8) is 0 Å². The second kappa shape index (κ2) is 6.14. The SMILES string of the molecule is COc1ccc(C(NN)c2ccc(Br)cn2)c(C)c1. The molecule has 1 unspecified atom stereocenters. The Balaban J connectivity index is 2.39. The fourth-order valence-corrected chi connectivity index (χ4v) is 2.23. The number of aromatic nitrogens is 1. The van der Waals surface area contributed by atoms with Gasteiger partial charge in [-0.15, -0.1) is 0 Å². The predicted molar refractivity (Wildman–Crippen MR) is 78.8 cm³/mol. The molecule has 0 saturated carbocycles. The fourth-order valence-electron chi connectivity index (χ4n) is 1.99. The van der Waals surface area contributed by atoms with E-state index in [-0.39, 0.29) is 6.04 Å². The zero-order chi connectivity index (χ0) is 13.8. The summed E-state index contributed by atoms with van der Waals surface area (Å²) in [5.41, 5.74) is 5.87. The lowest BCUT2D eigenvalue weighted by Crippen LogP contribution is -2.30. The third-order valence-corrected chi connectivity index (χ3v) is 3.47. The van der Waals surface area contributed by atoms with Crippen LogP contribution in [-0.4, -0.2) is 12.1 Å². The molecule has 0 spiro atoms. The van der Waals surface area contributed by atoms with Gasteiger partial charge < -0.3 is 4.74 Å². The van der Waals surface area contributed by atoms with Gasteiger partial charge in [-0.25, -0.2) is 5.43 Å². The van der Waals surface area contributed by atoms with Gasteiger partial charge >= 0.3 is 0 Å². The van der Waals surface area contributed by atoms with Crippen LogP contribution in [0.2, 0.25) is 0 Å². The molecule has 2 rings (SSSR count). The summed E-state index contributed by atoms with van der Waals surface area (Å²) >= 11 is 3.38. The molecular weight excluding hydrogens is 306 g/mol. The van der Waals surface area contributed by atoms with Crippen LogP contribution < -0.4 is 16.0 Å². The highest BCUT2D eigenvalue weighted by Crippen LogP contribution is 2.26. The van der Waals surface area contributed by atoms with Crippen LogP contribution in [0.25, 0.3) is 0 Å². The second-order valence-electron chi connectivity index (χ2n) is 4.22. The Morgan fingerprint density at radius 3 is 2.63 bits per heavy atom. The summed E-state index contributed by atoms with van der Waals surface area (Å²) in [6.07, 6.45) is 1.76. The van der Waals surface area contributed by atoms with Crippen molar-refractivity contribution >= 4 is 15.9 Å². The molecule has 4 nitrogen and oxygen atoms in total. The third kappa shape index (κ3) is 3.12. The lowest BCUT2D eigenvalue weighted by atomic mass is 9.98. The van der Waals surface area contributed by atoms with Crippen LogP contribution in [0, 0.1) is 6.92 Å². The Kier molecular flexibility index (Phi) is 4.52. The summed E-state index contributed by atoms with van der Waals surface area (Å²) in [6.45, 7) is 2.03. The normalized spacial score (nSPS) is 12.2. The highest BCUT2D eigenvalue weighted by atomic mass is 79.9. The number of ether oxygens (including phenoxy) is 1. The zero-order valence-corrected chi connectivity index (χ0v) is 12.4. The van der Waals surface area contributed by atoms with Crippen molar-refractivity contribution in [2.45, 2.75) is 13.0 Å². The quantitative estimate of drug-likeness (QED) is 0.671. The number of nitrogens with two attached hydrogens (primary N) is 1. The number of pyridine rings is 1. The number of benzene rings is 1. The first-order valence-corrected chi connectivity index (χ1v) is 6.67. The lowest BCUT2D eigenvalue weighted by molar-refractivity contribution is 0.414. The van der Waals surface area contributed by atoms with Crippen molar-refractivity contribution in [3.05, 3.63) is 57.8 Å². The third-order valence-electron chi connectivity index (χ3n) is 3.00. The van der Waals surface area contributed by atoms with E-state index in [1.165, 1.54) is 0 Å². The molecule has 2 aromatic rings. The van der Waals surface area contributed by atoms with Gasteiger partial charge in [-0.2, -0.15) is 0 Å². The molecule has 0 aliphatic carbocycles. The molecule has 0 amide bonds. The average Bonchev–Trinajstić information content (AvgIpc) is 2.43. The van der Waals surface area contributed by atoms with Crippen LogP contribution in [0.4, 0.5) is 0 Å². The number of methoxy groups -OCH3 is 1. The van der Waals surface area contributed by atoms with Crippen molar-refractivity contribution in [2.75, 3.05) is 7.11 Å². The second-order valence-corrected chi connectivity index (χ2v) is 5.14. The van der Waals surface area contributed by atoms with E-state index < -0.39 is 0 Å². The molecule has 100 valence electrons. The van der Waals surface area contributed by atoms with Gasteiger partial charge in [-0.1, -0.05) is 6.07 Å².